The molecule has 2 rings (SSSR count). The Labute approximate surface area is 94.2 Å². The fourth-order valence-corrected chi connectivity index (χ4v) is 1.57. The Kier molecular flexibility index (Phi) is 2.77. The summed E-state index contributed by atoms with van der Waals surface area (Å²) < 4.78 is 0. The van der Waals surface area contributed by atoms with Crippen molar-refractivity contribution in [3.63, 3.8) is 0 Å². The van der Waals surface area contributed by atoms with Crippen LogP contribution in [0.4, 0.5) is 0 Å². The molecular weight excluding hydrogens is 200 g/mol. The summed E-state index contributed by atoms with van der Waals surface area (Å²) in [6.07, 6.45) is 3.48. The molecule has 0 radical (unpaired) electrons. The van der Waals surface area contributed by atoms with Crippen molar-refractivity contribution < 1.29 is 4.79 Å². The van der Waals surface area contributed by atoms with Gasteiger partial charge in [-0.2, -0.15) is 0 Å². The van der Waals surface area contributed by atoms with Crippen molar-refractivity contribution in [1.82, 2.24) is 9.97 Å². The predicted octanol–water partition coefficient (Wildman–Crippen LogP) is 2.65. The molecule has 3 nitrogen and oxygen atoms in total. The molecule has 0 amide bonds. The van der Waals surface area contributed by atoms with Crippen LogP contribution in [0.1, 0.15) is 23.1 Å². The van der Waals surface area contributed by atoms with Crippen molar-refractivity contribution >= 4 is 5.78 Å². The maximum absolute atomic E-state index is 11.5. The molecule has 80 valence electrons. The highest BCUT2D eigenvalue weighted by Crippen LogP contribution is 2.22. The highest BCUT2D eigenvalue weighted by atomic mass is 16.1. The van der Waals surface area contributed by atoms with E-state index in [1.54, 1.807) is 19.3 Å². The Morgan fingerprint density at radius 3 is 2.38 bits per heavy atom. The smallest absolute Gasteiger partial charge is 0.160 e. The number of carbonyl (C=O) groups is 1. The lowest BCUT2D eigenvalue weighted by atomic mass is 10.00. The zero-order chi connectivity index (χ0) is 11.5. The van der Waals surface area contributed by atoms with Crippen molar-refractivity contribution in [1.29, 1.82) is 0 Å². The molecule has 0 saturated heterocycles. The van der Waals surface area contributed by atoms with Crippen LogP contribution in [0, 0.1) is 6.92 Å². The molecule has 0 N–H and O–H groups in total. The molecule has 0 aliphatic heterocycles. The summed E-state index contributed by atoms with van der Waals surface area (Å²) in [5.41, 5.74) is 2.46. The van der Waals surface area contributed by atoms with Crippen LogP contribution in [-0.2, 0) is 0 Å². The fraction of sp³-hybridized carbons (Fsp3) is 0.154. The summed E-state index contributed by atoms with van der Waals surface area (Å²) in [6, 6.07) is 7.49. The molecule has 0 fully saturated rings. The number of benzene rings is 1. The van der Waals surface area contributed by atoms with Crippen molar-refractivity contribution in [2.75, 3.05) is 0 Å². The molecule has 1 heterocycles. The first-order chi connectivity index (χ1) is 7.68. The van der Waals surface area contributed by atoms with Gasteiger partial charge in [-0.15, -0.1) is 0 Å². The summed E-state index contributed by atoms with van der Waals surface area (Å²) in [4.78, 5) is 19.7. The third-order valence-electron chi connectivity index (χ3n) is 2.40. The monoisotopic (exact) mass is 212 g/mol. The van der Waals surface area contributed by atoms with Gasteiger partial charge in [0, 0.05) is 23.5 Å². The second kappa shape index (κ2) is 4.23. The Balaban J connectivity index is 2.55. The SMILES string of the molecule is CC(=O)c1ccccc1-c1cnc(C)nc1. The van der Waals surface area contributed by atoms with E-state index in [1.165, 1.54) is 0 Å². The normalized spacial score (nSPS) is 10.1. The lowest BCUT2D eigenvalue weighted by molar-refractivity contribution is 0.101. The number of carbonyl (C=O) groups excluding carboxylic acids is 1. The number of rotatable bonds is 2. The van der Waals surface area contributed by atoms with Gasteiger partial charge in [-0.25, -0.2) is 9.97 Å². The molecule has 3 heteroatoms. The summed E-state index contributed by atoms with van der Waals surface area (Å²) in [5, 5.41) is 0. The van der Waals surface area contributed by atoms with Crippen LogP contribution in [0.2, 0.25) is 0 Å². The number of nitrogens with zero attached hydrogens (tertiary/aromatic N) is 2. The minimum Gasteiger partial charge on any atom is -0.294 e. The second-order valence-corrected chi connectivity index (χ2v) is 3.62. The van der Waals surface area contributed by atoms with Gasteiger partial charge in [0.25, 0.3) is 0 Å². The van der Waals surface area contributed by atoms with Gasteiger partial charge < -0.3 is 0 Å². The van der Waals surface area contributed by atoms with E-state index >= 15 is 0 Å². The first kappa shape index (κ1) is 10.5. The average molecular weight is 212 g/mol. The van der Waals surface area contributed by atoms with E-state index in [1.807, 2.05) is 31.2 Å². The number of aryl methyl sites for hydroxylation is 1. The quantitative estimate of drug-likeness (QED) is 0.719. The zero-order valence-corrected chi connectivity index (χ0v) is 9.27. The first-order valence-corrected chi connectivity index (χ1v) is 5.07. The van der Waals surface area contributed by atoms with Gasteiger partial charge >= 0.3 is 0 Å². The maximum atomic E-state index is 11.5. The van der Waals surface area contributed by atoms with Crippen LogP contribution in [0.15, 0.2) is 36.7 Å². The Bertz CT molecular complexity index is 518. The van der Waals surface area contributed by atoms with Crippen LogP contribution in [0.25, 0.3) is 11.1 Å². The minimum absolute atomic E-state index is 0.0520. The van der Waals surface area contributed by atoms with E-state index in [2.05, 4.69) is 9.97 Å². The molecule has 1 aromatic carbocycles. The summed E-state index contributed by atoms with van der Waals surface area (Å²) in [7, 11) is 0. The molecule has 0 spiro atoms. The number of hydrogen-bond acceptors (Lipinski definition) is 3. The summed E-state index contributed by atoms with van der Waals surface area (Å²) in [5.74, 6) is 0.778. The van der Waals surface area contributed by atoms with Crippen molar-refractivity contribution in [3.8, 4) is 11.1 Å². The third-order valence-corrected chi connectivity index (χ3v) is 2.40. The Morgan fingerprint density at radius 1 is 1.12 bits per heavy atom. The van der Waals surface area contributed by atoms with Crippen molar-refractivity contribution in [2.24, 2.45) is 0 Å². The molecule has 2 aromatic rings. The molecule has 0 aliphatic carbocycles. The second-order valence-electron chi connectivity index (χ2n) is 3.62. The van der Waals surface area contributed by atoms with Gasteiger partial charge in [-0.05, 0) is 19.4 Å². The van der Waals surface area contributed by atoms with Crippen molar-refractivity contribution in [2.45, 2.75) is 13.8 Å². The van der Waals surface area contributed by atoms with E-state index in [9.17, 15) is 4.79 Å². The van der Waals surface area contributed by atoms with E-state index in [0.29, 0.717) is 5.56 Å². The Morgan fingerprint density at radius 2 is 1.75 bits per heavy atom. The highest BCUT2D eigenvalue weighted by molar-refractivity contribution is 6.00. The summed E-state index contributed by atoms with van der Waals surface area (Å²) >= 11 is 0. The van der Waals surface area contributed by atoms with E-state index in [4.69, 9.17) is 0 Å². The molecule has 0 saturated carbocycles. The van der Waals surface area contributed by atoms with Crippen LogP contribution in [0.3, 0.4) is 0 Å². The van der Waals surface area contributed by atoms with E-state index in [-0.39, 0.29) is 5.78 Å². The number of aromatic nitrogens is 2. The average Bonchev–Trinajstić information content (AvgIpc) is 2.30. The minimum atomic E-state index is 0.0520. The fourth-order valence-electron chi connectivity index (χ4n) is 1.57. The predicted molar refractivity (Wildman–Crippen MR) is 62.2 cm³/mol. The van der Waals surface area contributed by atoms with Crippen LogP contribution in [-0.4, -0.2) is 15.8 Å². The molecular formula is C13H12N2O. The molecule has 1 aromatic heterocycles. The third kappa shape index (κ3) is 1.98. The van der Waals surface area contributed by atoms with Gasteiger partial charge in [0.15, 0.2) is 5.78 Å². The molecule has 0 aliphatic rings. The van der Waals surface area contributed by atoms with Gasteiger partial charge in [-0.3, -0.25) is 4.79 Å². The van der Waals surface area contributed by atoms with Gasteiger partial charge in [0.2, 0.25) is 0 Å². The van der Waals surface area contributed by atoms with Crippen molar-refractivity contribution in [3.05, 3.63) is 48.0 Å². The summed E-state index contributed by atoms with van der Waals surface area (Å²) in [6.45, 7) is 3.40. The van der Waals surface area contributed by atoms with Crippen LogP contribution >= 0.6 is 0 Å². The number of hydrogen-bond donors (Lipinski definition) is 0. The number of ketones is 1. The van der Waals surface area contributed by atoms with Gasteiger partial charge in [0.1, 0.15) is 5.82 Å². The lowest BCUT2D eigenvalue weighted by Gasteiger charge is -2.05. The molecule has 0 atom stereocenters. The maximum Gasteiger partial charge on any atom is 0.160 e. The van der Waals surface area contributed by atoms with E-state index < -0.39 is 0 Å². The standard InChI is InChI=1S/C13H12N2O/c1-9(16)12-5-3-4-6-13(12)11-7-14-10(2)15-8-11/h3-8H,1-2H3. The largest absolute Gasteiger partial charge is 0.294 e. The zero-order valence-electron chi connectivity index (χ0n) is 9.27. The molecule has 16 heavy (non-hydrogen) atoms. The highest BCUT2D eigenvalue weighted by Gasteiger charge is 2.08. The molecule has 0 bridgehead atoms. The van der Waals surface area contributed by atoms with Crippen LogP contribution in [0.5, 0.6) is 0 Å². The van der Waals surface area contributed by atoms with Gasteiger partial charge in [0.05, 0.1) is 0 Å². The van der Waals surface area contributed by atoms with E-state index in [0.717, 1.165) is 17.0 Å². The lowest BCUT2D eigenvalue weighted by Crippen LogP contribution is -1.97. The Hall–Kier alpha value is -2.03. The molecule has 0 unspecified atom stereocenters. The first-order valence-electron chi connectivity index (χ1n) is 5.07. The number of Topliss-reactive ketones (excluding diaryl/α,β-unsaturated/α-hetero) is 1. The topological polar surface area (TPSA) is 42.9 Å². The van der Waals surface area contributed by atoms with Gasteiger partial charge in [-0.1, -0.05) is 24.3 Å². The van der Waals surface area contributed by atoms with Crippen LogP contribution < -0.4 is 0 Å².